The maximum absolute atomic E-state index is 13.0. The van der Waals surface area contributed by atoms with Crippen molar-refractivity contribution in [2.24, 2.45) is 20.4 Å². The summed E-state index contributed by atoms with van der Waals surface area (Å²) in [7, 11) is 4.15. The summed E-state index contributed by atoms with van der Waals surface area (Å²) in [4.78, 5) is 79.4. The van der Waals surface area contributed by atoms with Crippen LogP contribution in [0.3, 0.4) is 0 Å². The molecule has 0 bridgehead atoms. The van der Waals surface area contributed by atoms with E-state index in [1.165, 1.54) is 35.4 Å². The molecule has 543 valence electrons. The van der Waals surface area contributed by atoms with E-state index in [1.807, 2.05) is 48.6 Å². The van der Waals surface area contributed by atoms with Crippen LogP contribution in [0.1, 0.15) is 90.5 Å². The molecular weight excluding hydrogens is 1450 g/mol. The van der Waals surface area contributed by atoms with Gasteiger partial charge in [-0.25, -0.2) is 9.59 Å². The van der Waals surface area contributed by atoms with Gasteiger partial charge in [-0.15, -0.1) is 0 Å². The van der Waals surface area contributed by atoms with E-state index in [9.17, 15) is 49.6 Å². The van der Waals surface area contributed by atoms with E-state index >= 15 is 0 Å². The van der Waals surface area contributed by atoms with E-state index in [0.29, 0.717) is 21.5 Å². The molecule has 26 nitrogen and oxygen atoms in total. The Morgan fingerprint density at radius 2 is 0.961 bits per heavy atom. The summed E-state index contributed by atoms with van der Waals surface area (Å²) in [5, 5.41) is 55.3. The first-order valence-electron chi connectivity index (χ1n) is 32.3. The van der Waals surface area contributed by atoms with Gasteiger partial charge in [-0.1, -0.05) is 59.7 Å². The normalized spacial score (nSPS) is 17.7. The van der Waals surface area contributed by atoms with Gasteiger partial charge in [0.05, 0.1) is 20.7 Å². The van der Waals surface area contributed by atoms with E-state index in [0.717, 1.165) is 132 Å². The Hall–Kier alpha value is -10.2. The third-order valence-electron chi connectivity index (χ3n) is 17.2. The molecule has 4 heterocycles. The first kappa shape index (κ1) is 80.1. The average Bonchev–Trinajstić information content (AvgIpc) is 1.60. The molecule has 2 unspecified atom stereocenters. The molecule has 103 heavy (non-hydrogen) atoms. The van der Waals surface area contributed by atoms with Crippen LogP contribution in [0.2, 0.25) is 10.0 Å². The van der Waals surface area contributed by atoms with Crippen LogP contribution in [0.4, 0.5) is 32.8 Å². The zero-order valence-electron chi connectivity index (χ0n) is 58.0. The molecule has 2 aromatic heterocycles. The molecule has 0 saturated heterocycles. The van der Waals surface area contributed by atoms with Crippen LogP contribution in [0.5, 0.6) is 11.5 Å². The van der Waals surface area contributed by atoms with Gasteiger partial charge in [-0.3, -0.25) is 40.0 Å². The number of ketones is 2. The minimum atomic E-state index is -0.583. The van der Waals surface area contributed by atoms with Crippen LogP contribution >= 0.6 is 45.9 Å². The van der Waals surface area contributed by atoms with Crippen LogP contribution in [-0.4, -0.2) is 142 Å². The number of halogens is 2. The molecule has 2 aliphatic carbocycles. The fraction of sp³-hybridized carbons (Fsp3) is 0.306. The Kier molecular flexibility index (Phi) is 28.5. The monoisotopic (exact) mass is 1530 g/mol. The average molecular weight is 1530 g/mol. The molecule has 0 fully saturated rings. The van der Waals surface area contributed by atoms with Crippen molar-refractivity contribution in [2.75, 3.05) is 76.5 Å². The number of esters is 2. The van der Waals surface area contributed by atoms with E-state index in [2.05, 4.69) is 167 Å². The summed E-state index contributed by atoms with van der Waals surface area (Å²) in [5.41, 5.74) is 10.2. The third kappa shape index (κ3) is 19.9. The van der Waals surface area contributed by atoms with Gasteiger partial charge in [-0.2, -0.15) is 9.15 Å². The maximum Gasteiger partial charge on any atom is 0.344 e. The number of anilines is 2. The van der Waals surface area contributed by atoms with Crippen molar-refractivity contribution >= 4 is 137 Å². The number of hydrogen-bond acceptors (Lipinski definition) is 22. The quantitative estimate of drug-likeness (QED) is 0.0134. The first-order valence-corrected chi connectivity index (χ1v) is 34.7. The van der Waals surface area contributed by atoms with Crippen molar-refractivity contribution in [2.45, 2.75) is 79.1 Å². The number of carbonyl (C=O) groups is 4. The Labute approximate surface area is 622 Å². The second-order valence-corrected chi connectivity index (χ2v) is 26.1. The number of ether oxygens (including phenoxy) is 4. The molecular formula is C72H76Cl2CoN12O14S2. The molecule has 10 rings (SSSR count). The standard InChI is InChI=1S/C54H66Cl2N4O6.2C9H6N4O4S.Co/c1-11-53(7)43-31-39(55)21-25-45(43)57(9)49(53)27-19-37-17-23-41(59(13-3)14-4)33-47(37)65-35-51(61)63-29-30-64-52(62)36-66-48-34-42(60(15-5)16-6)24-18-38(48)20-28-50-54(8,12-2)44-32-40(56)22-26-46(44)58(50)10;2*14-5-1-2-6(7(15)3-5)11-12-9-10-4-8(18-9)13(16)17;/h17-28,31-34H,11-16,29-30,35-36H2,1-10H3;2*1-4H,(H2,10,12,14,15);/q+2;;;/p-2. The SMILES string of the molecule is CCN(CC)c1ccc(/C=C/C2=[N+](C)c3ccc(Cl)cc3C2(C)CC)c(OCC(=O)OCCOC(=O)COc2cc(N(CC)CC)ccc2/C=C/C2=[N+](C)c3ccc(Cl)cc3C2(C)CC)c1.O=C1C=CC(=NN=c2[n-]cc([N+](=O)[O-])s2)C(O)=C1.O=C1C=CC(=NN=c2[n-]cc([N+](=O)[O-])s2)C(O)=C1.[Co]. The van der Waals surface area contributed by atoms with Crippen molar-refractivity contribution in [1.29, 1.82) is 0 Å². The second kappa shape index (κ2) is 36.6. The fourth-order valence-electron chi connectivity index (χ4n) is 11.4. The van der Waals surface area contributed by atoms with Crippen LogP contribution in [0, 0.1) is 20.2 Å². The van der Waals surface area contributed by atoms with E-state index < -0.39 is 21.8 Å². The van der Waals surface area contributed by atoms with Gasteiger partial charge in [0.15, 0.2) is 36.2 Å². The maximum atomic E-state index is 13.0. The number of thiazole rings is 2. The number of fused-ring (bicyclic) bond motifs is 2. The zero-order chi connectivity index (χ0) is 74.0. The van der Waals surface area contributed by atoms with Crippen molar-refractivity contribution in [3.8, 4) is 11.5 Å². The van der Waals surface area contributed by atoms with E-state index in [4.69, 9.17) is 42.1 Å². The Morgan fingerprint density at radius 3 is 1.29 bits per heavy atom. The molecule has 2 aliphatic heterocycles. The fourth-order valence-corrected chi connectivity index (χ4v) is 12.8. The van der Waals surface area contributed by atoms with Gasteiger partial charge < -0.3 is 59.1 Å². The van der Waals surface area contributed by atoms with Gasteiger partial charge >= 0.3 is 21.9 Å². The van der Waals surface area contributed by atoms with Gasteiger partial charge in [0.25, 0.3) is 0 Å². The Bertz CT molecular complexity index is 4410. The number of nitrogens with zero attached hydrogens (tertiary/aromatic N) is 12. The number of rotatable bonds is 25. The third-order valence-corrected chi connectivity index (χ3v) is 19.3. The molecule has 0 amide bonds. The molecule has 2 atom stereocenters. The molecule has 31 heteroatoms. The van der Waals surface area contributed by atoms with Gasteiger partial charge in [-0.05, 0) is 139 Å². The molecule has 1 radical (unpaired) electrons. The molecule has 0 saturated carbocycles. The minimum absolute atomic E-state index is 0. The number of hydrogen-bond donors (Lipinski definition) is 2. The number of allylic oxidation sites excluding steroid dienone is 8. The summed E-state index contributed by atoms with van der Waals surface area (Å²) in [6, 6.07) is 24.2. The number of aliphatic hydroxyl groups is 2. The largest absolute Gasteiger partial charge is 0.506 e. The molecule has 0 spiro atoms. The summed E-state index contributed by atoms with van der Waals surface area (Å²) in [6.07, 6.45) is 19.2. The summed E-state index contributed by atoms with van der Waals surface area (Å²) >= 11 is 14.4. The molecule has 4 aliphatic rings. The minimum Gasteiger partial charge on any atom is -0.506 e. The number of aliphatic hydroxyl groups excluding tert-OH is 2. The van der Waals surface area contributed by atoms with E-state index in [-0.39, 0.29) is 108 Å². The van der Waals surface area contributed by atoms with Gasteiger partial charge in [0.2, 0.25) is 11.4 Å². The summed E-state index contributed by atoms with van der Waals surface area (Å²) in [5.74, 6) is -1.37. The summed E-state index contributed by atoms with van der Waals surface area (Å²) in [6.45, 7) is 19.6. The predicted molar refractivity (Wildman–Crippen MR) is 395 cm³/mol. The van der Waals surface area contributed by atoms with Crippen LogP contribution in [0.15, 0.2) is 166 Å². The second-order valence-electron chi connectivity index (χ2n) is 23.2. The zero-order valence-corrected chi connectivity index (χ0v) is 62.2. The number of aromatic nitrogens is 2. The van der Waals surface area contributed by atoms with Crippen molar-refractivity contribution in [3.05, 3.63) is 207 Å². The summed E-state index contributed by atoms with van der Waals surface area (Å²) < 4.78 is 27.6. The smallest absolute Gasteiger partial charge is 0.344 e. The Morgan fingerprint density at radius 1 is 0.583 bits per heavy atom. The van der Waals surface area contributed by atoms with Gasteiger partial charge in [0, 0.05) is 157 Å². The molecule has 2 N–H and O–H groups in total. The van der Waals surface area contributed by atoms with Crippen LogP contribution in [0.25, 0.3) is 12.2 Å². The van der Waals surface area contributed by atoms with Crippen molar-refractivity contribution in [1.82, 2.24) is 9.97 Å². The molecule has 6 aromatic rings. The Balaban J connectivity index is 0.000000322. The van der Waals surface area contributed by atoms with Gasteiger partial charge in [0.1, 0.15) is 61.7 Å². The van der Waals surface area contributed by atoms with Crippen molar-refractivity contribution in [3.63, 3.8) is 0 Å². The van der Waals surface area contributed by atoms with Crippen LogP contribution < -0.4 is 38.8 Å². The number of benzene rings is 4. The van der Waals surface area contributed by atoms with E-state index in [1.54, 1.807) is 0 Å². The molecule has 4 aromatic carbocycles. The topological polar surface area (TPSA) is 322 Å². The number of nitro groups is 2. The number of carbonyl (C=O) groups excluding carboxylic acids is 4. The van der Waals surface area contributed by atoms with Crippen LogP contribution in [-0.2, 0) is 56.3 Å². The predicted octanol–water partition coefficient (Wildman–Crippen LogP) is 12.3. The van der Waals surface area contributed by atoms with Crippen molar-refractivity contribution < 1.29 is 84.1 Å². The first-order chi connectivity index (χ1) is 48.8.